The molecule has 1 N–H and O–H groups in total. The Morgan fingerprint density at radius 1 is 1.29 bits per heavy atom. The average Bonchev–Trinajstić information content (AvgIpc) is 2.62. The van der Waals surface area contributed by atoms with Crippen LogP contribution in [0.15, 0.2) is 18.2 Å². The van der Waals surface area contributed by atoms with Crippen molar-refractivity contribution in [2.75, 3.05) is 0 Å². The molecule has 1 radical (unpaired) electrons. The van der Waals surface area contributed by atoms with Gasteiger partial charge in [-0.15, -0.1) is 0 Å². The molecule has 2 heterocycles. The lowest BCUT2D eigenvalue weighted by atomic mass is 10.0. The first-order valence-corrected chi connectivity index (χ1v) is 5.93. The van der Waals surface area contributed by atoms with Crippen LogP contribution in [0.5, 0.6) is 5.75 Å². The van der Waals surface area contributed by atoms with Gasteiger partial charge in [0, 0.05) is 24.6 Å². The monoisotopic (exact) mass is 238 g/mol. The molecule has 2 nitrogen and oxygen atoms in total. The minimum atomic E-state index is -0.624. The van der Waals surface area contributed by atoms with Crippen LogP contribution < -0.4 is 10.1 Å². The number of hydrogen-bond acceptors (Lipinski definition) is 2. The van der Waals surface area contributed by atoms with E-state index >= 15 is 0 Å². The van der Waals surface area contributed by atoms with Crippen molar-refractivity contribution < 1.29 is 13.5 Å². The quantitative estimate of drug-likeness (QED) is 0.855. The number of halogens is 2. The zero-order valence-corrected chi connectivity index (χ0v) is 9.38. The van der Waals surface area contributed by atoms with E-state index in [2.05, 4.69) is 5.32 Å². The second-order valence-electron chi connectivity index (χ2n) is 4.74. The molecule has 2 fully saturated rings. The van der Waals surface area contributed by atoms with Crippen molar-refractivity contribution in [3.05, 3.63) is 35.9 Å². The standard InChI is InChI=1S/C13H14F2NO/c14-8-1-4-13(12(15)5-8)17-11-6-9-2-3-10(7-11)16-9/h1,4-5,9,11,16H,2-3,6-7H2. The van der Waals surface area contributed by atoms with E-state index < -0.39 is 11.6 Å². The molecule has 2 aliphatic heterocycles. The zero-order chi connectivity index (χ0) is 11.8. The van der Waals surface area contributed by atoms with Gasteiger partial charge in [0.25, 0.3) is 0 Å². The van der Waals surface area contributed by atoms with Gasteiger partial charge in [-0.1, -0.05) is 0 Å². The highest BCUT2D eigenvalue weighted by Crippen LogP contribution is 2.34. The summed E-state index contributed by atoms with van der Waals surface area (Å²) in [5.74, 6) is -1.05. The third kappa shape index (κ3) is 2.27. The summed E-state index contributed by atoms with van der Waals surface area (Å²) >= 11 is 0. The maximum Gasteiger partial charge on any atom is 0.167 e. The Labute approximate surface area is 99.0 Å². The van der Waals surface area contributed by atoms with Crippen LogP contribution in [0.4, 0.5) is 8.78 Å². The first kappa shape index (κ1) is 11.0. The van der Waals surface area contributed by atoms with Gasteiger partial charge in [-0.25, -0.2) is 8.78 Å². The molecule has 0 aliphatic carbocycles. The Balaban J connectivity index is 1.70. The summed E-state index contributed by atoms with van der Waals surface area (Å²) in [4.78, 5) is 0. The first-order valence-electron chi connectivity index (χ1n) is 5.93. The number of hydrogen-bond donors (Lipinski definition) is 1. The summed E-state index contributed by atoms with van der Waals surface area (Å²) in [5.41, 5.74) is 0. The Hall–Kier alpha value is -1.16. The van der Waals surface area contributed by atoms with E-state index in [9.17, 15) is 8.78 Å². The molecule has 2 atom stereocenters. The molecule has 0 aromatic heterocycles. The van der Waals surface area contributed by atoms with Crippen LogP contribution >= 0.6 is 0 Å². The van der Waals surface area contributed by atoms with E-state index in [0.29, 0.717) is 6.04 Å². The van der Waals surface area contributed by atoms with Gasteiger partial charge in [-0.3, -0.25) is 0 Å². The van der Waals surface area contributed by atoms with E-state index in [1.807, 2.05) is 0 Å². The van der Waals surface area contributed by atoms with Gasteiger partial charge >= 0.3 is 0 Å². The number of nitrogens with one attached hydrogen (secondary N) is 1. The Kier molecular flexibility index (Phi) is 2.74. The highest BCUT2D eigenvalue weighted by molar-refractivity contribution is 5.25. The minimum absolute atomic E-state index is 0.0127. The largest absolute Gasteiger partial charge is 0.487 e. The summed E-state index contributed by atoms with van der Waals surface area (Å²) < 4.78 is 31.8. The smallest absolute Gasteiger partial charge is 0.167 e. The van der Waals surface area contributed by atoms with E-state index in [1.54, 1.807) is 0 Å². The lowest BCUT2D eigenvalue weighted by molar-refractivity contribution is 0.149. The number of fused-ring (bicyclic) bond motifs is 2. The molecule has 1 aromatic rings. The Bertz CT molecular complexity index is 412. The van der Waals surface area contributed by atoms with Crippen molar-refractivity contribution in [1.29, 1.82) is 0 Å². The van der Waals surface area contributed by atoms with Crippen LogP contribution in [0.1, 0.15) is 25.7 Å². The number of rotatable bonds is 2. The van der Waals surface area contributed by atoms with Crippen LogP contribution in [-0.2, 0) is 0 Å². The number of ether oxygens (including phenoxy) is 1. The molecular weight excluding hydrogens is 224 g/mol. The van der Waals surface area contributed by atoms with Gasteiger partial charge in [0.15, 0.2) is 11.6 Å². The topological polar surface area (TPSA) is 21.3 Å². The molecule has 0 spiro atoms. The van der Waals surface area contributed by atoms with Crippen molar-refractivity contribution in [3.63, 3.8) is 0 Å². The van der Waals surface area contributed by atoms with Crippen molar-refractivity contribution in [3.8, 4) is 5.75 Å². The Morgan fingerprint density at radius 2 is 2.18 bits per heavy atom. The average molecular weight is 238 g/mol. The molecule has 4 heteroatoms. The third-order valence-corrected chi connectivity index (χ3v) is 3.41. The van der Waals surface area contributed by atoms with Crippen LogP contribution in [0, 0.1) is 17.7 Å². The summed E-state index contributed by atoms with van der Waals surface area (Å²) in [5, 5.41) is 3.41. The van der Waals surface area contributed by atoms with Crippen molar-refractivity contribution in [2.45, 2.75) is 37.8 Å². The summed E-state index contributed by atoms with van der Waals surface area (Å²) in [6, 6.07) is 5.21. The minimum Gasteiger partial charge on any atom is -0.487 e. The molecule has 0 saturated carbocycles. The van der Waals surface area contributed by atoms with Gasteiger partial charge in [-0.2, -0.15) is 0 Å². The lowest BCUT2D eigenvalue weighted by Crippen LogP contribution is -2.38. The normalized spacial score (nSPS) is 28.4. The second-order valence-corrected chi connectivity index (χ2v) is 4.74. The molecule has 0 amide bonds. The molecule has 1 aromatic carbocycles. The molecule has 17 heavy (non-hydrogen) atoms. The van der Waals surface area contributed by atoms with Crippen LogP contribution in [0.25, 0.3) is 0 Å². The zero-order valence-electron chi connectivity index (χ0n) is 9.38. The van der Waals surface area contributed by atoms with Gasteiger partial charge in [0.1, 0.15) is 11.9 Å². The summed E-state index contributed by atoms with van der Waals surface area (Å²) in [6.45, 7) is 0. The van der Waals surface area contributed by atoms with E-state index in [4.69, 9.17) is 4.74 Å². The molecular formula is C13H14F2NO. The first-order chi connectivity index (χ1) is 8.20. The van der Waals surface area contributed by atoms with Gasteiger partial charge in [-0.05, 0) is 31.4 Å². The fourth-order valence-corrected chi connectivity index (χ4v) is 2.63. The van der Waals surface area contributed by atoms with E-state index in [-0.39, 0.29) is 11.9 Å². The second kappa shape index (κ2) is 4.26. The van der Waals surface area contributed by atoms with Crippen LogP contribution in [0.3, 0.4) is 0 Å². The third-order valence-electron chi connectivity index (χ3n) is 3.41. The van der Waals surface area contributed by atoms with Gasteiger partial charge < -0.3 is 10.1 Å². The number of benzene rings is 1. The van der Waals surface area contributed by atoms with Crippen molar-refractivity contribution in [2.24, 2.45) is 0 Å². The van der Waals surface area contributed by atoms with Crippen LogP contribution in [0.2, 0.25) is 0 Å². The van der Waals surface area contributed by atoms with Gasteiger partial charge in [0.05, 0.1) is 0 Å². The predicted octanol–water partition coefficient (Wildman–Crippen LogP) is 2.79. The number of piperidine rings is 1. The molecule has 3 rings (SSSR count). The maximum atomic E-state index is 13.4. The lowest BCUT2D eigenvalue weighted by Gasteiger charge is -2.29. The van der Waals surface area contributed by atoms with E-state index in [0.717, 1.165) is 31.7 Å². The molecule has 91 valence electrons. The molecule has 2 aliphatic rings. The van der Waals surface area contributed by atoms with Crippen molar-refractivity contribution in [1.82, 2.24) is 5.32 Å². The summed E-state index contributed by atoms with van der Waals surface area (Å²) in [6.07, 6.45) is 3.96. The maximum absolute atomic E-state index is 13.4. The molecule has 2 unspecified atom stereocenters. The highest BCUT2D eigenvalue weighted by atomic mass is 19.1. The fraction of sp³-hybridized carbons (Fsp3) is 0.462. The highest BCUT2D eigenvalue weighted by Gasteiger charge is 2.35. The molecule has 2 bridgehead atoms. The fourth-order valence-electron chi connectivity index (χ4n) is 2.63. The van der Waals surface area contributed by atoms with E-state index in [1.165, 1.54) is 18.2 Å². The Morgan fingerprint density at radius 3 is 2.94 bits per heavy atom. The van der Waals surface area contributed by atoms with Crippen molar-refractivity contribution >= 4 is 0 Å². The predicted molar refractivity (Wildman–Crippen MR) is 59.4 cm³/mol. The SMILES string of the molecule is Fc1ccc(OC2C[C]3CCC(C2)N3)c(F)c1. The van der Waals surface area contributed by atoms with Gasteiger partial charge in [0.2, 0.25) is 0 Å². The van der Waals surface area contributed by atoms with Crippen LogP contribution in [-0.4, -0.2) is 12.1 Å². The molecule has 2 saturated heterocycles. The summed E-state index contributed by atoms with van der Waals surface area (Å²) in [7, 11) is 0.